The second-order valence-electron chi connectivity index (χ2n) is 6.60. The van der Waals surface area contributed by atoms with Crippen molar-refractivity contribution in [2.45, 2.75) is 25.8 Å². The second kappa shape index (κ2) is 7.65. The fourth-order valence-electron chi connectivity index (χ4n) is 3.40. The van der Waals surface area contributed by atoms with Crippen LogP contribution in [0.5, 0.6) is 0 Å². The molecule has 0 bridgehead atoms. The van der Waals surface area contributed by atoms with Gasteiger partial charge in [0.15, 0.2) is 5.65 Å². The first-order valence-corrected chi connectivity index (χ1v) is 9.33. The van der Waals surface area contributed by atoms with Gasteiger partial charge in [-0.2, -0.15) is 9.61 Å². The molecule has 3 aromatic rings. The maximum Gasteiger partial charge on any atom is 0.409 e. The average Bonchev–Trinajstić information content (AvgIpc) is 3.18. The summed E-state index contributed by atoms with van der Waals surface area (Å²) in [6.07, 6.45) is 3.27. The highest BCUT2D eigenvalue weighted by atomic mass is 16.6. The quantitative estimate of drug-likeness (QED) is 0.767. The minimum absolute atomic E-state index is 0.222. The third kappa shape index (κ3) is 3.72. The SMILES string of the molecule is CCOC(=O)N1CCC(Nc2cc(-c3ccccc3)nc3ccnn23)CC1. The van der Waals surface area contributed by atoms with Gasteiger partial charge in [-0.15, -0.1) is 0 Å². The van der Waals surface area contributed by atoms with Crippen molar-refractivity contribution < 1.29 is 9.53 Å². The molecule has 4 rings (SSSR count). The Morgan fingerprint density at radius 3 is 2.74 bits per heavy atom. The van der Waals surface area contributed by atoms with E-state index in [2.05, 4.69) is 22.5 Å². The van der Waals surface area contributed by atoms with E-state index < -0.39 is 0 Å². The number of nitrogens with one attached hydrogen (secondary N) is 1. The molecule has 0 unspecified atom stereocenters. The zero-order valence-corrected chi connectivity index (χ0v) is 15.3. The van der Waals surface area contributed by atoms with E-state index in [4.69, 9.17) is 9.72 Å². The van der Waals surface area contributed by atoms with Gasteiger partial charge in [0.05, 0.1) is 18.5 Å². The molecule has 1 N–H and O–H groups in total. The van der Waals surface area contributed by atoms with E-state index in [-0.39, 0.29) is 12.1 Å². The molecule has 27 heavy (non-hydrogen) atoms. The molecule has 0 atom stereocenters. The molecule has 0 radical (unpaired) electrons. The summed E-state index contributed by atoms with van der Waals surface area (Å²) in [4.78, 5) is 18.3. The fourth-order valence-corrected chi connectivity index (χ4v) is 3.40. The van der Waals surface area contributed by atoms with E-state index in [1.165, 1.54) is 0 Å². The summed E-state index contributed by atoms with van der Waals surface area (Å²) in [5.41, 5.74) is 2.79. The van der Waals surface area contributed by atoms with Gasteiger partial charge < -0.3 is 15.0 Å². The number of nitrogens with zero attached hydrogens (tertiary/aromatic N) is 4. The minimum atomic E-state index is -0.222. The number of carbonyl (C=O) groups is 1. The van der Waals surface area contributed by atoms with Crippen molar-refractivity contribution in [2.75, 3.05) is 25.0 Å². The third-order valence-electron chi connectivity index (χ3n) is 4.80. The predicted molar refractivity (Wildman–Crippen MR) is 104 cm³/mol. The van der Waals surface area contributed by atoms with Crippen molar-refractivity contribution in [3.05, 3.63) is 48.7 Å². The number of likely N-dealkylation sites (tertiary alicyclic amines) is 1. The van der Waals surface area contributed by atoms with Crippen molar-refractivity contribution in [2.24, 2.45) is 0 Å². The lowest BCUT2D eigenvalue weighted by atomic mass is 10.1. The van der Waals surface area contributed by atoms with Crippen LogP contribution in [-0.4, -0.2) is 51.3 Å². The van der Waals surface area contributed by atoms with Crippen LogP contribution in [-0.2, 0) is 4.74 Å². The number of piperidine rings is 1. The molecule has 1 saturated heterocycles. The summed E-state index contributed by atoms with van der Waals surface area (Å²) in [6.45, 7) is 3.62. The number of amides is 1. The summed E-state index contributed by atoms with van der Waals surface area (Å²) < 4.78 is 6.91. The van der Waals surface area contributed by atoms with Crippen LogP contribution >= 0.6 is 0 Å². The Morgan fingerprint density at radius 1 is 1.22 bits per heavy atom. The lowest BCUT2D eigenvalue weighted by Crippen LogP contribution is -2.42. The van der Waals surface area contributed by atoms with E-state index in [9.17, 15) is 4.79 Å². The second-order valence-corrected chi connectivity index (χ2v) is 6.60. The molecule has 0 saturated carbocycles. The van der Waals surface area contributed by atoms with Gasteiger partial charge in [-0.25, -0.2) is 9.78 Å². The molecule has 7 nitrogen and oxygen atoms in total. The maximum atomic E-state index is 11.9. The van der Waals surface area contributed by atoms with Gasteiger partial charge in [0.25, 0.3) is 0 Å². The summed E-state index contributed by atoms with van der Waals surface area (Å²) in [5.74, 6) is 0.915. The number of anilines is 1. The van der Waals surface area contributed by atoms with Crippen molar-refractivity contribution in [3.63, 3.8) is 0 Å². The Kier molecular flexibility index (Phi) is 4.91. The number of fused-ring (bicyclic) bond motifs is 1. The largest absolute Gasteiger partial charge is 0.450 e. The zero-order valence-electron chi connectivity index (χ0n) is 15.3. The van der Waals surface area contributed by atoms with E-state index in [1.807, 2.05) is 41.8 Å². The van der Waals surface area contributed by atoms with Crippen LogP contribution in [0.15, 0.2) is 48.7 Å². The maximum absolute atomic E-state index is 11.9. The first kappa shape index (κ1) is 17.3. The summed E-state index contributed by atoms with van der Waals surface area (Å²) >= 11 is 0. The lowest BCUT2D eigenvalue weighted by molar-refractivity contribution is 0.0983. The van der Waals surface area contributed by atoms with Gasteiger partial charge in [-0.05, 0) is 19.8 Å². The molecule has 0 aliphatic carbocycles. The number of ether oxygens (including phenoxy) is 1. The molecule has 0 spiro atoms. The van der Waals surface area contributed by atoms with Gasteiger partial charge in [-0.3, -0.25) is 0 Å². The highest BCUT2D eigenvalue weighted by molar-refractivity contribution is 5.68. The van der Waals surface area contributed by atoms with E-state index in [0.29, 0.717) is 19.7 Å². The first-order chi connectivity index (χ1) is 13.2. The molecule has 2 aromatic heterocycles. The van der Waals surface area contributed by atoms with Crippen molar-refractivity contribution in [3.8, 4) is 11.3 Å². The smallest absolute Gasteiger partial charge is 0.409 e. The first-order valence-electron chi connectivity index (χ1n) is 9.33. The molecule has 1 amide bonds. The fraction of sp³-hybridized carbons (Fsp3) is 0.350. The molecule has 1 aliphatic heterocycles. The van der Waals surface area contributed by atoms with Crippen LogP contribution in [0.1, 0.15) is 19.8 Å². The third-order valence-corrected chi connectivity index (χ3v) is 4.80. The number of benzene rings is 1. The van der Waals surface area contributed by atoms with E-state index >= 15 is 0 Å². The molecule has 7 heteroatoms. The molecule has 1 fully saturated rings. The van der Waals surface area contributed by atoms with Crippen LogP contribution in [0.2, 0.25) is 0 Å². The van der Waals surface area contributed by atoms with Crippen molar-refractivity contribution in [1.29, 1.82) is 0 Å². The lowest BCUT2D eigenvalue weighted by Gasteiger charge is -2.32. The minimum Gasteiger partial charge on any atom is -0.450 e. The summed E-state index contributed by atoms with van der Waals surface area (Å²) in [5, 5.41) is 7.99. The van der Waals surface area contributed by atoms with E-state index in [0.717, 1.165) is 35.6 Å². The Morgan fingerprint density at radius 2 is 2.00 bits per heavy atom. The molecular weight excluding hydrogens is 342 g/mol. The Bertz CT molecular complexity index is 917. The zero-order chi connectivity index (χ0) is 18.6. The summed E-state index contributed by atoms with van der Waals surface area (Å²) in [6, 6.07) is 14.3. The van der Waals surface area contributed by atoms with Gasteiger partial charge >= 0.3 is 6.09 Å². The number of aromatic nitrogens is 3. The Hall–Kier alpha value is -3.09. The van der Waals surface area contributed by atoms with Gasteiger partial charge in [-0.1, -0.05) is 30.3 Å². The average molecular weight is 365 g/mol. The monoisotopic (exact) mass is 365 g/mol. The van der Waals surface area contributed by atoms with E-state index in [1.54, 1.807) is 11.1 Å². The van der Waals surface area contributed by atoms with Gasteiger partial charge in [0.1, 0.15) is 5.82 Å². The molecular formula is C20H23N5O2. The number of rotatable bonds is 4. The van der Waals surface area contributed by atoms with Crippen LogP contribution < -0.4 is 5.32 Å². The Balaban J connectivity index is 1.52. The Labute approximate surface area is 158 Å². The standard InChI is InChI=1S/C20H23N5O2/c1-2-27-20(26)24-12-9-16(10-13-24)22-19-14-17(15-6-4-3-5-7-15)23-18-8-11-21-25(18)19/h3-8,11,14,16,22H,2,9-10,12-13H2,1H3. The van der Waals surface area contributed by atoms with Crippen molar-refractivity contribution >= 4 is 17.6 Å². The summed E-state index contributed by atoms with van der Waals surface area (Å²) in [7, 11) is 0. The molecule has 1 aliphatic rings. The van der Waals surface area contributed by atoms with Crippen molar-refractivity contribution in [1.82, 2.24) is 19.5 Å². The van der Waals surface area contributed by atoms with Crippen LogP contribution in [0, 0.1) is 0 Å². The number of hydrogen-bond donors (Lipinski definition) is 1. The highest BCUT2D eigenvalue weighted by Gasteiger charge is 2.24. The molecule has 1 aromatic carbocycles. The normalized spacial score (nSPS) is 15.1. The number of hydrogen-bond acceptors (Lipinski definition) is 5. The number of carbonyl (C=O) groups excluding carboxylic acids is 1. The van der Waals surface area contributed by atoms with Gasteiger partial charge in [0.2, 0.25) is 0 Å². The van der Waals surface area contributed by atoms with Crippen LogP contribution in [0.25, 0.3) is 16.9 Å². The molecule has 3 heterocycles. The highest BCUT2D eigenvalue weighted by Crippen LogP contribution is 2.24. The van der Waals surface area contributed by atoms with Crippen LogP contribution in [0.3, 0.4) is 0 Å². The van der Waals surface area contributed by atoms with Gasteiger partial charge in [0, 0.05) is 36.8 Å². The molecule has 140 valence electrons. The topological polar surface area (TPSA) is 71.8 Å². The predicted octanol–water partition coefficient (Wildman–Crippen LogP) is 3.43. The van der Waals surface area contributed by atoms with Crippen LogP contribution in [0.4, 0.5) is 10.6 Å².